The van der Waals surface area contributed by atoms with Crippen molar-refractivity contribution in [2.75, 3.05) is 0 Å². The van der Waals surface area contributed by atoms with Crippen molar-refractivity contribution in [2.45, 2.75) is 0 Å². The van der Waals surface area contributed by atoms with Gasteiger partial charge in [0, 0.05) is 26.6 Å². The average molecular weight is 443 g/mol. The van der Waals surface area contributed by atoms with Gasteiger partial charge in [-0.05, 0) is 40.2 Å². The monoisotopic (exact) mass is 441 g/mol. The third kappa shape index (κ3) is 4.36. The molecule has 0 aliphatic heterocycles. The van der Waals surface area contributed by atoms with E-state index in [1.807, 2.05) is 0 Å². The second kappa shape index (κ2) is 7.34. The van der Waals surface area contributed by atoms with Crippen LogP contribution in [-0.2, 0) is 0 Å². The second-order valence-electron chi connectivity index (χ2n) is 4.32. The van der Waals surface area contributed by atoms with Gasteiger partial charge in [-0.3, -0.25) is 14.9 Å². The number of aromatic hydroxyl groups is 1. The number of hydrazone groups is 1. The SMILES string of the molecule is O=C(N/N=C\c1ccc([N+](=O)[O-])cc1Br)c1cc(Br)ccc1O. The Morgan fingerprint density at radius 1 is 1.26 bits per heavy atom. The van der Waals surface area contributed by atoms with Gasteiger partial charge in [0.25, 0.3) is 11.6 Å². The summed E-state index contributed by atoms with van der Waals surface area (Å²) in [5.41, 5.74) is 2.84. The smallest absolute Gasteiger partial charge is 0.275 e. The summed E-state index contributed by atoms with van der Waals surface area (Å²) >= 11 is 6.40. The lowest BCUT2D eigenvalue weighted by Crippen LogP contribution is -2.17. The molecule has 118 valence electrons. The molecule has 0 heterocycles. The number of nitrogens with one attached hydrogen (secondary N) is 1. The molecule has 0 unspecified atom stereocenters. The summed E-state index contributed by atoms with van der Waals surface area (Å²) in [6.45, 7) is 0. The molecular weight excluding hydrogens is 434 g/mol. The lowest BCUT2D eigenvalue weighted by atomic mass is 10.2. The van der Waals surface area contributed by atoms with Crippen molar-refractivity contribution >= 4 is 49.7 Å². The van der Waals surface area contributed by atoms with Crippen LogP contribution in [0.5, 0.6) is 5.75 Å². The van der Waals surface area contributed by atoms with Gasteiger partial charge in [0.05, 0.1) is 16.7 Å². The molecule has 0 fully saturated rings. The third-order valence-corrected chi connectivity index (χ3v) is 3.95. The van der Waals surface area contributed by atoms with E-state index in [2.05, 4.69) is 42.4 Å². The molecule has 9 heteroatoms. The third-order valence-electron chi connectivity index (χ3n) is 2.77. The molecule has 1 amide bonds. The van der Waals surface area contributed by atoms with E-state index in [9.17, 15) is 20.0 Å². The van der Waals surface area contributed by atoms with Gasteiger partial charge in [-0.1, -0.05) is 15.9 Å². The number of benzene rings is 2. The van der Waals surface area contributed by atoms with Crippen LogP contribution in [0.25, 0.3) is 0 Å². The Morgan fingerprint density at radius 2 is 2.00 bits per heavy atom. The largest absolute Gasteiger partial charge is 0.507 e. The lowest BCUT2D eigenvalue weighted by molar-refractivity contribution is -0.384. The van der Waals surface area contributed by atoms with Crippen molar-refractivity contribution in [3.63, 3.8) is 0 Å². The van der Waals surface area contributed by atoms with Crippen molar-refractivity contribution in [3.8, 4) is 5.75 Å². The fraction of sp³-hybridized carbons (Fsp3) is 0. The van der Waals surface area contributed by atoms with E-state index < -0.39 is 10.8 Å². The molecule has 0 atom stereocenters. The predicted molar refractivity (Wildman–Crippen MR) is 91.7 cm³/mol. The van der Waals surface area contributed by atoms with Crippen LogP contribution < -0.4 is 5.43 Å². The number of carbonyl (C=O) groups excluding carboxylic acids is 1. The maximum atomic E-state index is 11.9. The number of rotatable bonds is 4. The normalized spacial score (nSPS) is 10.7. The molecule has 0 saturated heterocycles. The number of amides is 1. The van der Waals surface area contributed by atoms with E-state index in [4.69, 9.17) is 0 Å². The highest BCUT2D eigenvalue weighted by molar-refractivity contribution is 9.10. The van der Waals surface area contributed by atoms with Gasteiger partial charge in [0.1, 0.15) is 5.75 Å². The highest BCUT2D eigenvalue weighted by Gasteiger charge is 2.11. The topological polar surface area (TPSA) is 105 Å². The Hall–Kier alpha value is -2.26. The summed E-state index contributed by atoms with van der Waals surface area (Å²) in [6.07, 6.45) is 1.33. The molecule has 0 spiro atoms. The van der Waals surface area contributed by atoms with Gasteiger partial charge in [-0.15, -0.1) is 0 Å². The molecule has 0 saturated carbocycles. The molecular formula is C14H9Br2N3O4. The Balaban J connectivity index is 2.11. The predicted octanol–water partition coefficient (Wildman–Crippen LogP) is 3.59. The number of phenolic OH excluding ortho intramolecular Hbond substituents is 1. The Kier molecular flexibility index (Phi) is 5.45. The fourth-order valence-corrected chi connectivity index (χ4v) is 2.48. The molecule has 0 bridgehead atoms. The first-order valence-electron chi connectivity index (χ1n) is 6.14. The van der Waals surface area contributed by atoms with E-state index in [-0.39, 0.29) is 17.0 Å². The summed E-state index contributed by atoms with van der Waals surface area (Å²) in [5, 5.41) is 24.1. The number of nitro groups is 1. The molecule has 2 rings (SSSR count). The van der Waals surface area contributed by atoms with Gasteiger partial charge >= 0.3 is 0 Å². The lowest BCUT2D eigenvalue weighted by Gasteiger charge is -2.03. The van der Waals surface area contributed by atoms with Crippen molar-refractivity contribution in [1.29, 1.82) is 0 Å². The number of nitro benzene ring substituents is 1. The number of carbonyl (C=O) groups is 1. The quantitative estimate of drug-likeness (QED) is 0.428. The van der Waals surface area contributed by atoms with Crippen molar-refractivity contribution in [2.24, 2.45) is 5.10 Å². The molecule has 2 aromatic rings. The van der Waals surface area contributed by atoms with Crippen molar-refractivity contribution in [1.82, 2.24) is 5.43 Å². The number of hydrogen-bond donors (Lipinski definition) is 2. The molecule has 2 N–H and O–H groups in total. The van der Waals surface area contributed by atoms with Crippen LogP contribution in [0.1, 0.15) is 15.9 Å². The first kappa shape index (κ1) is 17.1. The van der Waals surface area contributed by atoms with E-state index in [1.54, 1.807) is 6.07 Å². The van der Waals surface area contributed by atoms with E-state index in [1.165, 1.54) is 36.5 Å². The molecule has 0 radical (unpaired) electrons. The van der Waals surface area contributed by atoms with Crippen molar-refractivity contribution in [3.05, 3.63) is 66.6 Å². The summed E-state index contributed by atoms with van der Waals surface area (Å²) in [6, 6.07) is 8.60. The zero-order valence-electron chi connectivity index (χ0n) is 11.4. The number of non-ortho nitro benzene ring substituents is 1. The van der Waals surface area contributed by atoms with Gasteiger partial charge < -0.3 is 5.11 Å². The van der Waals surface area contributed by atoms with Crippen LogP contribution in [0.2, 0.25) is 0 Å². The van der Waals surface area contributed by atoms with Crippen LogP contribution in [0.4, 0.5) is 5.69 Å². The highest BCUT2D eigenvalue weighted by Crippen LogP contribution is 2.22. The van der Waals surface area contributed by atoms with Crippen LogP contribution in [0.3, 0.4) is 0 Å². The fourth-order valence-electron chi connectivity index (χ4n) is 1.65. The average Bonchev–Trinajstić information content (AvgIpc) is 2.50. The molecule has 0 aromatic heterocycles. The zero-order valence-corrected chi connectivity index (χ0v) is 14.5. The standard InChI is InChI=1S/C14H9Br2N3O4/c15-9-2-4-13(20)11(5-9)14(21)18-17-7-8-1-3-10(19(22)23)6-12(8)16/h1-7,20H,(H,18,21)/b17-7-. The minimum atomic E-state index is -0.585. The summed E-state index contributed by atoms with van der Waals surface area (Å²) in [7, 11) is 0. The van der Waals surface area contributed by atoms with E-state index >= 15 is 0 Å². The summed E-state index contributed by atoms with van der Waals surface area (Å²) in [4.78, 5) is 22.1. The molecule has 0 aliphatic carbocycles. The van der Waals surface area contributed by atoms with Crippen LogP contribution in [0, 0.1) is 10.1 Å². The maximum Gasteiger partial charge on any atom is 0.275 e. The van der Waals surface area contributed by atoms with Gasteiger partial charge in [-0.2, -0.15) is 5.10 Å². The molecule has 2 aromatic carbocycles. The number of phenols is 1. The van der Waals surface area contributed by atoms with Crippen molar-refractivity contribution < 1.29 is 14.8 Å². The Morgan fingerprint density at radius 3 is 2.65 bits per heavy atom. The Bertz CT molecular complexity index is 809. The minimum absolute atomic E-state index is 0.0582. The van der Waals surface area contributed by atoms with Crippen LogP contribution >= 0.6 is 31.9 Å². The highest BCUT2D eigenvalue weighted by atomic mass is 79.9. The summed E-state index contributed by atoms with van der Waals surface area (Å²) < 4.78 is 1.11. The zero-order chi connectivity index (χ0) is 17.0. The first-order chi connectivity index (χ1) is 10.9. The van der Waals surface area contributed by atoms with E-state index in [0.717, 1.165) is 0 Å². The summed E-state index contributed by atoms with van der Waals surface area (Å²) in [5.74, 6) is -0.754. The minimum Gasteiger partial charge on any atom is -0.507 e. The van der Waals surface area contributed by atoms with E-state index in [0.29, 0.717) is 14.5 Å². The van der Waals surface area contributed by atoms with Gasteiger partial charge in [0.2, 0.25) is 0 Å². The second-order valence-corrected chi connectivity index (χ2v) is 6.09. The molecule has 23 heavy (non-hydrogen) atoms. The van der Waals surface area contributed by atoms with Gasteiger partial charge in [-0.25, -0.2) is 5.43 Å². The maximum absolute atomic E-state index is 11.9. The number of hydrogen-bond acceptors (Lipinski definition) is 5. The van der Waals surface area contributed by atoms with Crippen LogP contribution in [-0.4, -0.2) is 22.2 Å². The van der Waals surface area contributed by atoms with Gasteiger partial charge in [0.15, 0.2) is 0 Å². The number of halogens is 2. The molecule has 7 nitrogen and oxygen atoms in total. The Labute approximate surface area is 147 Å². The number of nitrogens with zero attached hydrogens (tertiary/aromatic N) is 2. The van der Waals surface area contributed by atoms with Crippen LogP contribution in [0.15, 0.2) is 50.4 Å². The molecule has 0 aliphatic rings. The first-order valence-corrected chi connectivity index (χ1v) is 7.73.